The van der Waals surface area contributed by atoms with E-state index in [4.69, 9.17) is 4.74 Å². The lowest BCUT2D eigenvalue weighted by molar-refractivity contribution is -0.141. The van der Waals surface area contributed by atoms with Crippen molar-refractivity contribution in [2.45, 2.75) is 39.2 Å². The Balaban J connectivity index is 2.06. The van der Waals surface area contributed by atoms with Gasteiger partial charge in [-0.2, -0.15) is 0 Å². The first-order chi connectivity index (χ1) is 8.09. The summed E-state index contributed by atoms with van der Waals surface area (Å²) in [6.45, 7) is 8.28. The van der Waals surface area contributed by atoms with Crippen molar-refractivity contribution in [1.82, 2.24) is 0 Å². The molecule has 0 aromatic heterocycles. The number of ether oxygens (including phenoxy) is 1. The molecule has 3 aliphatic rings. The van der Waals surface area contributed by atoms with E-state index in [0.29, 0.717) is 11.8 Å². The zero-order chi connectivity index (χ0) is 12.2. The van der Waals surface area contributed by atoms with E-state index in [2.05, 4.69) is 19.6 Å². The van der Waals surface area contributed by atoms with Gasteiger partial charge in [-0.1, -0.05) is 23.8 Å². The largest absolute Gasteiger partial charge is 0.454 e. The number of hydrogen-bond acceptors (Lipinski definition) is 2. The van der Waals surface area contributed by atoms with Gasteiger partial charge in [-0.05, 0) is 44.6 Å². The maximum absolute atomic E-state index is 11.7. The average Bonchev–Trinajstić information content (AvgIpc) is 2.75. The van der Waals surface area contributed by atoms with Crippen LogP contribution >= 0.6 is 0 Å². The Morgan fingerprint density at radius 3 is 2.88 bits per heavy atom. The van der Waals surface area contributed by atoms with Crippen molar-refractivity contribution in [2.24, 2.45) is 11.8 Å². The highest BCUT2D eigenvalue weighted by Gasteiger charge is 2.45. The van der Waals surface area contributed by atoms with Crippen molar-refractivity contribution < 1.29 is 9.53 Å². The minimum atomic E-state index is -0.115. The van der Waals surface area contributed by atoms with Crippen LogP contribution in [-0.2, 0) is 9.53 Å². The highest BCUT2D eigenvalue weighted by Crippen LogP contribution is 2.48. The minimum absolute atomic E-state index is 0.00880. The van der Waals surface area contributed by atoms with E-state index in [1.807, 2.05) is 6.92 Å². The maximum atomic E-state index is 11.7. The molecule has 1 fully saturated rings. The van der Waals surface area contributed by atoms with Crippen LogP contribution in [0.5, 0.6) is 0 Å². The first-order valence-electron chi connectivity index (χ1n) is 6.34. The number of carbonyl (C=O) groups is 1. The molecule has 3 unspecified atom stereocenters. The number of esters is 1. The molecule has 1 saturated carbocycles. The summed E-state index contributed by atoms with van der Waals surface area (Å²) < 4.78 is 5.60. The zero-order valence-corrected chi connectivity index (χ0v) is 10.5. The smallest absolute Gasteiger partial charge is 0.334 e. The highest BCUT2D eigenvalue weighted by atomic mass is 16.5. The van der Waals surface area contributed by atoms with E-state index < -0.39 is 0 Å². The molecule has 0 radical (unpaired) electrons. The van der Waals surface area contributed by atoms with E-state index in [1.165, 1.54) is 16.7 Å². The van der Waals surface area contributed by atoms with Gasteiger partial charge in [0, 0.05) is 11.5 Å². The molecule has 2 nitrogen and oxygen atoms in total. The molecule has 0 aromatic rings. The Morgan fingerprint density at radius 2 is 2.12 bits per heavy atom. The van der Waals surface area contributed by atoms with Gasteiger partial charge < -0.3 is 4.74 Å². The van der Waals surface area contributed by atoms with Gasteiger partial charge in [0.15, 0.2) is 0 Å². The first-order valence-corrected chi connectivity index (χ1v) is 6.34. The molecule has 0 N–H and O–H groups in total. The third-order valence-corrected chi connectivity index (χ3v) is 4.58. The third-order valence-electron chi connectivity index (χ3n) is 4.58. The Labute approximate surface area is 102 Å². The molecule has 1 aliphatic heterocycles. The number of fused-ring (bicyclic) bond motifs is 3. The van der Waals surface area contributed by atoms with Crippen LogP contribution in [0.2, 0.25) is 0 Å². The summed E-state index contributed by atoms with van der Waals surface area (Å²) in [5.74, 6) is 0.716. The molecule has 0 spiro atoms. The van der Waals surface area contributed by atoms with E-state index in [1.54, 1.807) is 0 Å². The number of allylic oxidation sites excluding steroid dienone is 2. The van der Waals surface area contributed by atoms with E-state index >= 15 is 0 Å². The molecule has 0 saturated heterocycles. The minimum Gasteiger partial charge on any atom is -0.454 e. The lowest BCUT2D eigenvalue weighted by atomic mass is 9.82. The molecule has 3 rings (SSSR count). The number of rotatable bonds is 0. The van der Waals surface area contributed by atoms with Gasteiger partial charge in [0.2, 0.25) is 0 Å². The van der Waals surface area contributed by atoms with Crippen LogP contribution in [0.1, 0.15) is 33.1 Å². The summed E-state index contributed by atoms with van der Waals surface area (Å²) in [4.78, 5) is 11.7. The second kappa shape index (κ2) is 3.59. The van der Waals surface area contributed by atoms with Crippen LogP contribution in [0.4, 0.5) is 0 Å². The zero-order valence-electron chi connectivity index (χ0n) is 10.5. The van der Waals surface area contributed by atoms with Crippen LogP contribution in [0.25, 0.3) is 0 Å². The Bertz CT molecular complexity index is 467. The van der Waals surface area contributed by atoms with Gasteiger partial charge >= 0.3 is 5.97 Å². The van der Waals surface area contributed by atoms with Crippen molar-refractivity contribution in [1.29, 1.82) is 0 Å². The number of hydrogen-bond donors (Lipinski definition) is 0. The van der Waals surface area contributed by atoms with Gasteiger partial charge in [0.25, 0.3) is 0 Å². The summed E-state index contributed by atoms with van der Waals surface area (Å²) in [6, 6.07) is 0. The lowest BCUT2D eigenvalue weighted by Gasteiger charge is -2.26. The third kappa shape index (κ3) is 1.43. The maximum Gasteiger partial charge on any atom is 0.334 e. The highest BCUT2D eigenvalue weighted by molar-refractivity contribution is 5.91. The average molecular weight is 230 g/mol. The molecule has 0 aromatic carbocycles. The van der Waals surface area contributed by atoms with Gasteiger partial charge in [0.1, 0.15) is 6.10 Å². The standard InChI is InChI=1S/C15H18O2/c1-8-4-7-12-10(3)15(16)17-14(12)13-9(2)5-6-11(8)13/h5,11,13-14H,1,4,6-7H2,2-3H3. The molecule has 17 heavy (non-hydrogen) atoms. The fraction of sp³-hybridized carbons (Fsp3) is 0.533. The second-order valence-corrected chi connectivity index (χ2v) is 5.45. The molecule has 0 bridgehead atoms. The summed E-state index contributed by atoms with van der Waals surface area (Å²) in [7, 11) is 0. The molecule has 0 amide bonds. The Hall–Kier alpha value is -1.31. The van der Waals surface area contributed by atoms with Crippen molar-refractivity contribution >= 4 is 5.97 Å². The topological polar surface area (TPSA) is 26.3 Å². The first kappa shape index (κ1) is 10.8. The van der Waals surface area contributed by atoms with Crippen molar-refractivity contribution in [3.8, 4) is 0 Å². The molecule has 90 valence electrons. The fourth-order valence-electron chi connectivity index (χ4n) is 3.50. The Morgan fingerprint density at radius 1 is 1.35 bits per heavy atom. The summed E-state index contributed by atoms with van der Waals surface area (Å²) in [6.07, 6.45) is 5.29. The van der Waals surface area contributed by atoms with Crippen molar-refractivity contribution in [2.75, 3.05) is 0 Å². The summed E-state index contributed by atoms with van der Waals surface area (Å²) in [5.41, 5.74) is 4.75. The molecule has 1 heterocycles. The van der Waals surface area contributed by atoms with Crippen LogP contribution < -0.4 is 0 Å². The van der Waals surface area contributed by atoms with Gasteiger partial charge in [0.05, 0.1) is 0 Å². The SMILES string of the molecule is C=C1CCC2=C(C)C(=O)OC2C2C(C)=CCC12. The molecule has 2 aliphatic carbocycles. The molecule has 2 heteroatoms. The van der Waals surface area contributed by atoms with Gasteiger partial charge in [-0.3, -0.25) is 0 Å². The predicted octanol–water partition coefficient (Wildman–Crippen LogP) is 3.16. The van der Waals surface area contributed by atoms with Crippen molar-refractivity contribution in [3.05, 3.63) is 34.9 Å². The molecule has 3 atom stereocenters. The van der Waals surface area contributed by atoms with E-state index in [0.717, 1.165) is 24.8 Å². The van der Waals surface area contributed by atoms with E-state index in [9.17, 15) is 4.79 Å². The molecular weight excluding hydrogens is 212 g/mol. The summed E-state index contributed by atoms with van der Waals surface area (Å²) in [5, 5.41) is 0. The van der Waals surface area contributed by atoms with E-state index in [-0.39, 0.29) is 12.1 Å². The second-order valence-electron chi connectivity index (χ2n) is 5.45. The predicted molar refractivity (Wildman–Crippen MR) is 66.3 cm³/mol. The Kier molecular flexibility index (Phi) is 2.29. The summed E-state index contributed by atoms with van der Waals surface area (Å²) >= 11 is 0. The van der Waals surface area contributed by atoms with Crippen LogP contribution in [0.15, 0.2) is 34.9 Å². The number of carbonyl (C=O) groups excluding carboxylic acids is 1. The normalized spacial score (nSPS) is 36.4. The lowest BCUT2D eigenvalue weighted by Crippen LogP contribution is -2.27. The van der Waals surface area contributed by atoms with Gasteiger partial charge in [-0.15, -0.1) is 0 Å². The van der Waals surface area contributed by atoms with Gasteiger partial charge in [-0.25, -0.2) is 4.79 Å². The van der Waals surface area contributed by atoms with Crippen LogP contribution in [0.3, 0.4) is 0 Å². The molecular formula is C15H18O2. The van der Waals surface area contributed by atoms with Crippen molar-refractivity contribution in [3.63, 3.8) is 0 Å². The van der Waals surface area contributed by atoms with Crippen LogP contribution in [0, 0.1) is 11.8 Å². The monoisotopic (exact) mass is 230 g/mol. The quantitative estimate of drug-likeness (QED) is 0.472. The van der Waals surface area contributed by atoms with Crippen LogP contribution in [-0.4, -0.2) is 12.1 Å². The fourth-order valence-corrected chi connectivity index (χ4v) is 3.50.